The molecule has 1 aliphatic heterocycles. The van der Waals surface area contributed by atoms with E-state index in [0.29, 0.717) is 6.54 Å². The first-order valence-electron chi connectivity index (χ1n) is 11.5. The van der Waals surface area contributed by atoms with Crippen molar-refractivity contribution in [2.75, 3.05) is 6.54 Å². The predicted octanol–water partition coefficient (Wildman–Crippen LogP) is 7.80. The molecule has 0 unspecified atom stereocenters. The summed E-state index contributed by atoms with van der Waals surface area (Å²) in [5.41, 5.74) is 8.19. The zero-order valence-corrected chi connectivity index (χ0v) is 22.0. The number of rotatable bonds is 5. The van der Waals surface area contributed by atoms with Gasteiger partial charge in [0.1, 0.15) is 5.60 Å². The fourth-order valence-corrected chi connectivity index (χ4v) is 4.32. The monoisotopic (exact) mass is 500 g/mol. The lowest BCUT2D eigenvalue weighted by molar-refractivity contribution is 0.0186. The molecule has 2 rings (SSSR count). The molecule has 0 aromatic heterocycles. The van der Waals surface area contributed by atoms with Gasteiger partial charge in [0, 0.05) is 22.6 Å². The molecular weight excluding hydrogens is 464 g/mol. The van der Waals surface area contributed by atoms with Gasteiger partial charge in [-0.2, -0.15) is 0 Å². The highest BCUT2D eigenvalue weighted by Crippen LogP contribution is 2.31. The molecule has 0 aromatic rings. The van der Waals surface area contributed by atoms with Crippen LogP contribution in [0.25, 0.3) is 0 Å². The highest BCUT2D eigenvalue weighted by molar-refractivity contribution is 9.12. The molecule has 0 N–H and O–H groups in total. The summed E-state index contributed by atoms with van der Waals surface area (Å²) in [6, 6.07) is 0.0144. The maximum Gasteiger partial charge on any atom is 0.410 e. The molecule has 1 atom stereocenters. The largest absolute Gasteiger partial charge is 0.444 e. The molecule has 0 bridgehead atoms. The van der Waals surface area contributed by atoms with E-state index in [0.717, 1.165) is 64.7 Å². The van der Waals surface area contributed by atoms with Gasteiger partial charge < -0.3 is 9.64 Å². The third-order valence-electron chi connectivity index (χ3n) is 5.38. The van der Waals surface area contributed by atoms with Crippen molar-refractivity contribution in [2.24, 2.45) is 4.99 Å². The molecule has 0 saturated carbocycles. The maximum atomic E-state index is 12.7. The molecule has 0 fully saturated rings. The fourth-order valence-electron chi connectivity index (χ4n) is 3.64. The molecule has 0 saturated heterocycles. The van der Waals surface area contributed by atoms with Crippen molar-refractivity contribution in [3.8, 4) is 0 Å². The fraction of sp³-hybridized carbons (Fsp3) is 0.519. The van der Waals surface area contributed by atoms with Gasteiger partial charge in [-0.1, -0.05) is 25.7 Å². The van der Waals surface area contributed by atoms with Crippen LogP contribution in [0, 0.1) is 0 Å². The molecule has 174 valence electrons. The van der Waals surface area contributed by atoms with Crippen LogP contribution in [-0.4, -0.2) is 34.9 Å². The Morgan fingerprint density at radius 1 is 1.41 bits per heavy atom. The molecule has 1 aliphatic carbocycles. The summed E-state index contributed by atoms with van der Waals surface area (Å²) in [5, 5.41) is 0. The van der Waals surface area contributed by atoms with Crippen LogP contribution in [0.15, 0.2) is 68.5 Å². The number of hydrogen-bond acceptors (Lipinski definition) is 3. The molecule has 4 nitrogen and oxygen atoms in total. The lowest BCUT2D eigenvalue weighted by atomic mass is 10.00. The van der Waals surface area contributed by atoms with E-state index in [1.54, 1.807) is 0 Å². The van der Waals surface area contributed by atoms with Crippen LogP contribution >= 0.6 is 15.9 Å². The van der Waals surface area contributed by atoms with Gasteiger partial charge in [0.2, 0.25) is 0 Å². The normalized spacial score (nSPS) is 21.0. The Labute approximate surface area is 202 Å². The van der Waals surface area contributed by atoms with Gasteiger partial charge in [0.15, 0.2) is 0 Å². The van der Waals surface area contributed by atoms with Gasteiger partial charge in [-0.15, -0.1) is 5.73 Å². The third-order valence-corrected chi connectivity index (χ3v) is 6.32. The lowest BCUT2D eigenvalue weighted by Gasteiger charge is -2.30. The summed E-state index contributed by atoms with van der Waals surface area (Å²) in [4.78, 5) is 19.7. The number of hydrogen-bond donors (Lipinski definition) is 0. The average molecular weight is 502 g/mol. The minimum absolute atomic E-state index is 0.0144. The minimum Gasteiger partial charge on any atom is -0.444 e. The van der Waals surface area contributed by atoms with E-state index < -0.39 is 5.60 Å². The average Bonchev–Trinajstić information content (AvgIpc) is 3.01. The topological polar surface area (TPSA) is 41.9 Å². The van der Waals surface area contributed by atoms with Gasteiger partial charge in [0.05, 0.1) is 11.4 Å². The highest BCUT2D eigenvalue weighted by Gasteiger charge is 2.28. The Morgan fingerprint density at radius 2 is 2.12 bits per heavy atom. The second kappa shape index (κ2) is 11.7. The zero-order chi connectivity index (χ0) is 23.9. The Bertz CT molecular complexity index is 922. The number of halogens is 1. The zero-order valence-electron chi connectivity index (χ0n) is 20.4. The van der Waals surface area contributed by atoms with Crippen molar-refractivity contribution in [1.29, 1.82) is 0 Å². The standard InChI is InChI=1S/C27H37BrN2O2/c1-8-19(3)17-24(29-23-15-11-10-13-21(9-2)25(23)28)22-14-12-16-30(20(4)18-22)26(31)32-27(5,6)7/h8,10,14,17,20H,1,9,11-12,15-16,18H2,2-7H3/b19-17-,29-24+/t20-/m0/s1. The first-order chi connectivity index (χ1) is 15.1. The number of allylic oxidation sites excluding steroid dienone is 6. The highest BCUT2D eigenvalue weighted by atomic mass is 79.9. The van der Waals surface area contributed by atoms with Crippen LogP contribution in [0.1, 0.15) is 73.6 Å². The quantitative estimate of drug-likeness (QED) is 0.219. The SMILES string of the molecule is C=C/C(C)=C\C(=N/C1=C(Br)C(CC)=C=CCC1)C1=CCCN(C(=O)OC(C)(C)C)[C@@H](C)C1. The van der Waals surface area contributed by atoms with Crippen LogP contribution < -0.4 is 0 Å². The van der Waals surface area contributed by atoms with Gasteiger partial charge in [-0.05, 0) is 106 Å². The molecule has 0 spiro atoms. The summed E-state index contributed by atoms with van der Waals surface area (Å²) in [5.74, 6) is 0. The molecule has 1 amide bonds. The van der Waals surface area contributed by atoms with Crippen molar-refractivity contribution >= 4 is 27.7 Å². The Morgan fingerprint density at radius 3 is 2.75 bits per heavy atom. The first-order valence-corrected chi connectivity index (χ1v) is 12.3. The number of amides is 1. The first kappa shape index (κ1) is 26.2. The maximum absolute atomic E-state index is 12.7. The van der Waals surface area contributed by atoms with E-state index in [-0.39, 0.29) is 12.1 Å². The van der Waals surface area contributed by atoms with Crippen molar-refractivity contribution in [3.05, 3.63) is 63.5 Å². The van der Waals surface area contributed by atoms with Crippen molar-refractivity contribution in [2.45, 2.75) is 85.3 Å². The van der Waals surface area contributed by atoms with E-state index in [4.69, 9.17) is 9.73 Å². The summed E-state index contributed by atoms with van der Waals surface area (Å²) in [7, 11) is 0. The van der Waals surface area contributed by atoms with Crippen LogP contribution in [-0.2, 0) is 4.74 Å². The Balaban J connectivity index is 2.40. The van der Waals surface area contributed by atoms with Gasteiger partial charge in [0.25, 0.3) is 0 Å². The van der Waals surface area contributed by atoms with Crippen LogP contribution in [0.5, 0.6) is 0 Å². The summed E-state index contributed by atoms with van der Waals surface area (Å²) in [6.45, 7) is 16.5. The van der Waals surface area contributed by atoms with Gasteiger partial charge in [-0.3, -0.25) is 4.99 Å². The molecule has 1 heterocycles. The van der Waals surface area contributed by atoms with E-state index in [1.807, 2.05) is 38.7 Å². The van der Waals surface area contributed by atoms with Crippen LogP contribution in [0.3, 0.4) is 0 Å². The number of carbonyl (C=O) groups is 1. The second-order valence-electron chi connectivity index (χ2n) is 9.31. The van der Waals surface area contributed by atoms with Gasteiger partial charge >= 0.3 is 6.09 Å². The molecule has 2 aliphatic rings. The van der Waals surface area contributed by atoms with E-state index >= 15 is 0 Å². The number of nitrogens with zero attached hydrogens (tertiary/aromatic N) is 2. The Kier molecular flexibility index (Phi) is 9.54. The number of ether oxygens (including phenoxy) is 1. The number of carbonyl (C=O) groups excluding carboxylic acids is 1. The minimum atomic E-state index is -0.507. The summed E-state index contributed by atoms with van der Waals surface area (Å²) >= 11 is 3.77. The second-order valence-corrected chi connectivity index (χ2v) is 10.1. The van der Waals surface area contributed by atoms with E-state index in [1.165, 1.54) is 0 Å². The Hall–Kier alpha value is -2.10. The van der Waals surface area contributed by atoms with E-state index in [2.05, 4.69) is 60.3 Å². The van der Waals surface area contributed by atoms with Crippen LogP contribution in [0.2, 0.25) is 0 Å². The predicted molar refractivity (Wildman–Crippen MR) is 138 cm³/mol. The smallest absolute Gasteiger partial charge is 0.410 e. The summed E-state index contributed by atoms with van der Waals surface area (Å²) < 4.78 is 6.67. The van der Waals surface area contributed by atoms with Crippen molar-refractivity contribution < 1.29 is 9.53 Å². The summed E-state index contributed by atoms with van der Waals surface area (Å²) in [6.07, 6.45) is 12.1. The third kappa shape index (κ3) is 7.50. The lowest BCUT2D eigenvalue weighted by Crippen LogP contribution is -2.42. The molecule has 5 heteroatoms. The molecule has 32 heavy (non-hydrogen) atoms. The molecular formula is C27H37BrN2O2. The van der Waals surface area contributed by atoms with Crippen molar-refractivity contribution in [1.82, 2.24) is 4.90 Å². The molecule has 0 radical (unpaired) electrons. The van der Waals surface area contributed by atoms with E-state index in [9.17, 15) is 4.79 Å². The number of aliphatic imine (C=N–C) groups is 1. The van der Waals surface area contributed by atoms with Crippen molar-refractivity contribution in [3.63, 3.8) is 0 Å². The van der Waals surface area contributed by atoms with Gasteiger partial charge in [-0.25, -0.2) is 4.79 Å². The molecule has 0 aromatic carbocycles. The van der Waals surface area contributed by atoms with Crippen LogP contribution in [0.4, 0.5) is 4.79 Å².